The van der Waals surface area contributed by atoms with Crippen LogP contribution < -0.4 is 9.44 Å². The molecule has 2 rings (SSSR count). The highest BCUT2D eigenvalue weighted by Crippen LogP contribution is 2.29. The van der Waals surface area contributed by atoms with Crippen molar-refractivity contribution in [3.63, 3.8) is 0 Å². The van der Waals surface area contributed by atoms with Gasteiger partial charge in [0.25, 0.3) is 10.0 Å². The molecule has 0 spiro atoms. The molecule has 26 heavy (non-hydrogen) atoms. The van der Waals surface area contributed by atoms with Crippen LogP contribution in [0.3, 0.4) is 0 Å². The maximum atomic E-state index is 12.3. The van der Waals surface area contributed by atoms with Crippen LogP contribution in [0.4, 0.5) is 11.4 Å². The lowest BCUT2D eigenvalue weighted by atomic mass is 10.3. The molecule has 3 N–H and O–H groups in total. The Bertz CT molecular complexity index is 968. The minimum absolute atomic E-state index is 0.0585. The van der Waals surface area contributed by atoms with Crippen LogP contribution in [0.15, 0.2) is 89.7 Å². The molecule has 0 aliphatic heterocycles. The maximum Gasteiger partial charge on any atom is 0.261 e. The molecule has 0 saturated carbocycles. The first-order valence-corrected chi connectivity index (χ1v) is 10.0. The monoisotopic (exact) mass is 390 g/mol. The molecule has 1 unspecified atom stereocenters. The van der Waals surface area contributed by atoms with E-state index in [1.54, 1.807) is 24.3 Å². The second kappa shape index (κ2) is 8.50. The number of allylic oxidation sites excluding steroid dienone is 3. The zero-order valence-corrected chi connectivity index (χ0v) is 15.4. The molecular weight excluding hydrogens is 372 g/mol. The fourth-order valence-corrected chi connectivity index (χ4v) is 3.91. The Morgan fingerprint density at radius 2 is 1.81 bits per heavy atom. The molecule has 0 heterocycles. The molecule has 0 aromatic heterocycles. The highest BCUT2D eigenvalue weighted by molar-refractivity contribution is 7.96. The first kappa shape index (κ1) is 19.5. The summed E-state index contributed by atoms with van der Waals surface area (Å²) < 4.78 is 42.0. The van der Waals surface area contributed by atoms with Gasteiger partial charge >= 0.3 is 0 Å². The van der Waals surface area contributed by atoms with Crippen molar-refractivity contribution in [2.24, 2.45) is 0 Å². The van der Waals surface area contributed by atoms with E-state index in [1.165, 1.54) is 30.4 Å². The molecule has 2 aromatic carbocycles. The van der Waals surface area contributed by atoms with Gasteiger partial charge in [0, 0.05) is 5.69 Å². The molecule has 0 amide bonds. The van der Waals surface area contributed by atoms with E-state index in [0.717, 1.165) is 6.08 Å². The topological polar surface area (TPSA) is 95.5 Å². The summed E-state index contributed by atoms with van der Waals surface area (Å²) in [5.41, 5.74) is 0.312. The normalized spacial score (nSPS) is 12.8. The zero-order valence-electron chi connectivity index (χ0n) is 13.8. The standard InChI is InChI=1S/C18H18N2O4S2/c1-3-8-16(4-2)26(23,24)20-17-13-14(11-12-18(17)21)19-25(22)15-9-6-5-7-10-15/h3-13,19-21H,1-2H2/b16-8+. The Morgan fingerprint density at radius 1 is 1.12 bits per heavy atom. The lowest BCUT2D eigenvalue weighted by Gasteiger charge is -2.12. The largest absolute Gasteiger partial charge is 0.506 e. The van der Waals surface area contributed by atoms with Gasteiger partial charge in [-0.25, -0.2) is 12.6 Å². The molecule has 136 valence electrons. The summed E-state index contributed by atoms with van der Waals surface area (Å²) in [5, 5.41) is 9.94. The minimum Gasteiger partial charge on any atom is -0.506 e. The number of phenols is 1. The first-order chi connectivity index (χ1) is 12.4. The van der Waals surface area contributed by atoms with Gasteiger partial charge in [0.1, 0.15) is 16.7 Å². The van der Waals surface area contributed by atoms with Crippen LogP contribution in [-0.2, 0) is 21.0 Å². The highest BCUT2D eigenvalue weighted by atomic mass is 32.2. The van der Waals surface area contributed by atoms with E-state index in [4.69, 9.17) is 0 Å². The van der Waals surface area contributed by atoms with Gasteiger partial charge < -0.3 is 9.83 Å². The quantitative estimate of drug-likeness (QED) is 0.365. The number of hydrogen-bond acceptors (Lipinski definition) is 4. The van der Waals surface area contributed by atoms with E-state index < -0.39 is 21.0 Å². The van der Waals surface area contributed by atoms with Crippen LogP contribution in [0.25, 0.3) is 0 Å². The smallest absolute Gasteiger partial charge is 0.261 e. The summed E-state index contributed by atoms with van der Waals surface area (Å²) in [7, 11) is -5.48. The Kier molecular flexibility index (Phi) is 6.37. The number of benzene rings is 2. The van der Waals surface area contributed by atoms with E-state index >= 15 is 0 Å². The Morgan fingerprint density at radius 3 is 2.42 bits per heavy atom. The van der Waals surface area contributed by atoms with Crippen molar-refractivity contribution in [3.05, 3.63) is 84.8 Å². The Labute approximate surface area is 155 Å². The molecule has 6 nitrogen and oxygen atoms in total. The number of rotatable bonds is 8. The third-order valence-electron chi connectivity index (χ3n) is 3.20. The fraction of sp³-hybridized carbons (Fsp3) is 0. The molecule has 0 fully saturated rings. The van der Waals surface area contributed by atoms with Gasteiger partial charge in [0.05, 0.1) is 15.5 Å². The van der Waals surface area contributed by atoms with E-state index in [2.05, 4.69) is 22.6 Å². The number of aromatic hydroxyl groups is 1. The van der Waals surface area contributed by atoms with Crippen LogP contribution in [0.5, 0.6) is 5.75 Å². The number of nitrogens with one attached hydrogen (secondary N) is 2. The molecule has 1 atom stereocenters. The predicted octanol–water partition coefficient (Wildman–Crippen LogP) is 3.52. The van der Waals surface area contributed by atoms with Crippen molar-refractivity contribution in [1.29, 1.82) is 0 Å². The van der Waals surface area contributed by atoms with Crippen LogP contribution in [-0.4, -0.2) is 17.7 Å². The van der Waals surface area contributed by atoms with Gasteiger partial charge in [0.15, 0.2) is 0 Å². The lowest BCUT2D eigenvalue weighted by Crippen LogP contribution is -2.14. The minimum atomic E-state index is -3.95. The first-order valence-electron chi connectivity index (χ1n) is 7.42. The summed E-state index contributed by atoms with van der Waals surface area (Å²) >= 11 is 0. The second-order valence-corrected chi connectivity index (χ2v) is 7.93. The summed E-state index contributed by atoms with van der Waals surface area (Å²) in [5.74, 6) is -0.272. The van der Waals surface area contributed by atoms with E-state index in [-0.39, 0.29) is 16.3 Å². The Hall–Kier alpha value is -2.84. The fourth-order valence-electron chi connectivity index (χ4n) is 1.98. The molecule has 0 bridgehead atoms. The molecule has 0 radical (unpaired) electrons. The van der Waals surface area contributed by atoms with E-state index in [9.17, 15) is 17.7 Å². The zero-order chi connectivity index (χ0) is 19.2. The van der Waals surface area contributed by atoms with Crippen molar-refractivity contribution >= 4 is 32.4 Å². The van der Waals surface area contributed by atoms with Crippen molar-refractivity contribution < 1.29 is 17.7 Å². The molecule has 8 heteroatoms. The maximum absolute atomic E-state index is 12.3. The van der Waals surface area contributed by atoms with Gasteiger partial charge in [-0.3, -0.25) is 4.72 Å². The number of phenolic OH excluding ortho intramolecular Hbond substituents is 1. The number of sulfonamides is 1. The van der Waals surface area contributed by atoms with Crippen molar-refractivity contribution in [3.8, 4) is 5.75 Å². The summed E-state index contributed by atoms with van der Waals surface area (Å²) in [6, 6.07) is 12.9. The Balaban J connectivity index is 2.27. The summed E-state index contributed by atoms with van der Waals surface area (Å²) in [6.45, 7) is 6.90. The van der Waals surface area contributed by atoms with Gasteiger partial charge in [-0.2, -0.15) is 0 Å². The molecule has 0 aliphatic rings. The average Bonchev–Trinajstić information content (AvgIpc) is 2.62. The molecule has 0 saturated heterocycles. The third kappa shape index (κ3) is 4.84. The lowest BCUT2D eigenvalue weighted by molar-refractivity contribution is 0.478. The number of anilines is 2. The van der Waals surface area contributed by atoms with Gasteiger partial charge in [-0.15, -0.1) is 0 Å². The third-order valence-corrected chi connectivity index (χ3v) is 5.74. The molecule has 0 aliphatic carbocycles. The second-order valence-electron chi connectivity index (χ2n) is 5.03. The summed E-state index contributed by atoms with van der Waals surface area (Å²) in [6.07, 6.45) is 3.75. The van der Waals surface area contributed by atoms with Crippen LogP contribution >= 0.6 is 0 Å². The van der Waals surface area contributed by atoms with Gasteiger partial charge in [-0.1, -0.05) is 37.4 Å². The molecule has 2 aromatic rings. The predicted molar refractivity (Wildman–Crippen MR) is 106 cm³/mol. The van der Waals surface area contributed by atoms with Crippen LogP contribution in [0.2, 0.25) is 0 Å². The molecular formula is C18H18N2O4S2. The van der Waals surface area contributed by atoms with Crippen LogP contribution in [0, 0.1) is 0 Å². The van der Waals surface area contributed by atoms with Crippen molar-refractivity contribution in [2.45, 2.75) is 4.90 Å². The van der Waals surface area contributed by atoms with Gasteiger partial charge in [-0.05, 0) is 42.5 Å². The van der Waals surface area contributed by atoms with Crippen molar-refractivity contribution in [2.75, 3.05) is 9.44 Å². The van der Waals surface area contributed by atoms with E-state index in [0.29, 0.717) is 10.6 Å². The van der Waals surface area contributed by atoms with Gasteiger partial charge in [0.2, 0.25) is 0 Å². The van der Waals surface area contributed by atoms with Crippen molar-refractivity contribution in [1.82, 2.24) is 0 Å². The highest BCUT2D eigenvalue weighted by Gasteiger charge is 2.17. The van der Waals surface area contributed by atoms with E-state index in [1.807, 2.05) is 6.07 Å². The SMILES string of the molecule is C=C/C=C(\C=C)S(=O)(=O)Nc1cc(NS(=O)c2ccccc2)ccc1O. The van der Waals surface area contributed by atoms with Crippen LogP contribution in [0.1, 0.15) is 0 Å². The average molecular weight is 390 g/mol. The number of hydrogen-bond donors (Lipinski definition) is 3. The summed E-state index contributed by atoms with van der Waals surface area (Å²) in [4.78, 5) is 0.462.